The van der Waals surface area contributed by atoms with Crippen molar-refractivity contribution in [2.24, 2.45) is 0 Å². The number of nitrogens with one attached hydrogen (secondary N) is 1. The first-order chi connectivity index (χ1) is 12.8. The number of hydrogen-bond acceptors (Lipinski definition) is 4. The van der Waals surface area contributed by atoms with Gasteiger partial charge < -0.3 is 15.1 Å². The Bertz CT molecular complexity index is 917. The number of fused-ring (bicyclic) bond motifs is 1. The highest BCUT2D eigenvalue weighted by Crippen LogP contribution is 2.36. The molecule has 1 aliphatic rings. The van der Waals surface area contributed by atoms with E-state index in [9.17, 15) is 14.4 Å². The van der Waals surface area contributed by atoms with Gasteiger partial charge in [-0.2, -0.15) is 0 Å². The van der Waals surface area contributed by atoms with Crippen LogP contribution < -0.4 is 10.2 Å². The zero-order valence-corrected chi connectivity index (χ0v) is 16.4. The number of hydrogen-bond donors (Lipinski definition) is 1. The molecule has 0 bridgehead atoms. The Morgan fingerprint density at radius 2 is 2.00 bits per heavy atom. The van der Waals surface area contributed by atoms with Gasteiger partial charge in [-0.15, -0.1) is 11.8 Å². The minimum Gasteiger partial charge on any atom is -0.345 e. The second-order valence-corrected chi connectivity index (χ2v) is 7.66. The van der Waals surface area contributed by atoms with E-state index in [0.29, 0.717) is 22.0 Å². The summed E-state index contributed by atoms with van der Waals surface area (Å²) in [5.74, 6) is -0.432. The van der Waals surface area contributed by atoms with Crippen LogP contribution in [0.5, 0.6) is 0 Å². The topological polar surface area (TPSA) is 69.7 Å². The molecule has 0 saturated heterocycles. The number of thioether (sulfide) groups is 1. The molecule has 0 saturated carbocycles. The molecular formula is C19H18ClN3O3S. The van der Waals surface area contributed by atoms with Crippen molar-refractivity contribution in [3.63, 3.8) is 0 Å². The third-order valence-electron chi connectivity index (χ3n) is 3.97. The van der Waals surface area contributed by atoms with E-state index in [1.807, 2.05) is 6.07 Å². The summed E-state index contributed by atoms with van der Waals surface area (Å²) in [4.78, 5) is 40.8. The van der Waals surface area contributed by atoms with E-state index < -0.39 is 0 Å². The van der Waals surface area contributed by atoms with Crippen LogP contribution in [0.2, 0.25) is 5.02 Å². The zero-order valence-electron chi connectivity index (χ0n) is 14.9. The molecule has 0 atom stereocenters. The molecule has 1 heterocycles. The molecule has 0 aliphatic carbocycles. The Balaban J connectivity index is 1.83. The molecule has 8 heteroatoms. The number of rotatable bonds is 4. The Morgan fingerprint density at radius 1 is 1.22 bits per heavy atom. The van der Waals surface area contributed by atoms with Crippen molar-refractivity contribution in [1.82, 2.24) is 4.90 Å². The summed E-state index contributed by atoms with van der Waals surface area (Å²) in [6, 6.07) is 12.0. The van der Waals surface area contributed by atoms with Crippen molar-refractivity contribution in [2.45, 2.75) is 4.90 Å². The number of halogens is 1. The van der Waals surface area contributed by atoms with Crippen LogP contribution in [0.25, 0.3) is 0 Å². The van der Waals surface area contributed by atoms with E-state index in [-0.39, 0.29) is 30.0 Å². The first-order valence-corrected chi connectivity index (χ1v) is 9.56. The molecule has 6 nitrogen and oxygen atoms in total. The SMILES string of the molecule is CN(C)C(=O)c1ccc2c(c1)N(CC(=O)Nc1cccc(Cl)c1)C(=O)CS2. The van der Waals surface area contributed by atoms with Crippen molar-refractivity contribution in [3.05, 3.63) is 53.1 Å². The first kappa shape index (κ1) is 19.3. The first-order valence-electron chi connectivity index (χ1n) is 8.19. The summed E-state index contributed by atoms with van der Waals surface area (Å²) in [5, 5.41) is 3.25. The summed E-state index contributed by atoms with van der Waals surface area (Å²) >= 11 is 7.33. The van der Waals surface area contributed by atoms with Gasteiger partial charge in [0.05, 0.1) is 11.4 Å². The van der Waals surface area contributed by atoms with Gasteiger partial charge in [-0.05, 0) is 36.4 Å². The summed E-state index contributed by atoms with van der Waals surface area (Å²) in [6.07, 6.45) is 0. The second kappa shape index (κ2) is 8.02. The van der Waals surface area contributed by atoms with E-state index in [1.165, 1.54) is 21.6 Å². The van der Waals surface area contributed by atoms with Crippen molar-refractivity contribution in [2.75, 3.05) is 36.6 Å². The van der Waals surface area contributed by atoms with Gasteiger partial charge >= 0.3 is 0 Å². The lowest BCUT2D eigenvalue weighted by molar-refractivity contribution is -0.120. The predicted octanol–water partition coefficient (Wildman–Crippen LogP) is 3.12. The van der Waals surface area contributed by atoms with E-state index >= 15 is 0 Å². The summed E-state index contributed by atoms with van der Waals surface area (Å²) in [6.45, 7) is -0.140. The van der Waals surface area contributed by atoms with Crippen LogP contribution in [0.1, 0.15) is 10.4 Å². The lowest BCUT2D eigenvalue weighted by Gasteiger charge is -2.29. The third-order valence-corrected chi connectivity index (χ3v) is 5.25. The molecule has 0 aromatic heterocycles. The number of nitrogens with zero attached hydrogens (tertiary/aromatic N) is 2. The number of carbonyl (C=O) groups excluding carboxylic acids is 3. The molecule has 0 radical (unpaired) electrons. The molecule has 27 heavy (non-hydrogen) atoms. The van der Waals surface area contributed by atoms with E-state index in [2.05, 4.69) is 5.32 Å². The Kier molecular flexibility index (Phi) is 5.72. The quantitative estimate of drug-likeness (QED) is 0.851. The fourth-order valence-electron chi connectivity index (χ4n) is 2.68. The molecule has 0 fully saturated rings. The molecule has 2 aromatic rings. The molecule has 2 aromatic carbocycles. The highest BCUT2D eigenvalue weighted by Gasteiger charge is 2.27. The minimum atomic E-state index is -0.340. The maximum atomic E-state index is 12.4. The van der Waals surface area contributed by atoms with Gasteiger partial charge in [-0.25, -0.2) is 0 Å². The van der Waals surface area contributed by atoms with Crippen LogP contribution in [-0.4, -0.2) is 49.0 Å². The normalized spacial score (nSPS) is 13.1. The van der Waals surface area contributed by atoms with Gasteiger partial charge in [-0.1, -0.05) is 17.7 Å². The largest absolute Gasteiger partial charge is 0.345 e. The number of benzene rings is 2. The van der Waals surface area contributed by atoms with Crippen molar-refractivity contribution < 1.29 is 14.4 Å². The molecule has 3 amide bonds. The summed E-state index contributed by atoms with van der Waals surface area (Å²) in [5.41, 5.74) is 1.60. The zero-order chi connectivity index (χ0) is 19.6. The fourth-order valence-corrected chi connectivity index (χ4v) is 3.78. The molecule has 0 spiro atoms. The maximum absolute atomic E-state index is 12.4. The van der Waals surface area contributed by atoms with Crippen LogP contribution in [-0.2, 0) is 9.59 Å². The van der Waals surface area contributed by atoms with Crippen LogP contribution in [0.3, 0.4) is 0 Å². The highest BCUT2D eigenvalue weighted by atomic mass is 35.5. The van der Waals surface area contributed by atoms with Crippen LogP contribution >= 0.6 is 23.4 Å². The number of anilines is 2. The summed E-state index contributed by atoms with van der Waals surface area (Å²) in [7, 11) is 3.33. The molecular weight excluding hydrogens is 386 g/mol. The van der Waals surface area contributed by atoms with Gasteiger partial charge in [0.25, 0.3) is 5.91 Å². The van der Waals surface area contributed by atoms with E-state index in [0.717, 1.165) is 4.90 Å². The molecule has 1 aliphatic heterocycles. The van der Waals surface area contributed by atoms with E-state index in [4.69, 9.17) is 11.6 Å². The number of amides is 3. The average Bonchev–Trinajstić information content (AvgIpc) is 2.63. The number of carbonyl (C=O) groups is 3. The lowest BCUT2D eigenvalue weighted by atomic mass is 10.1. The smallest absolute Gasteiger partial charge is 0.253 e. The molecule has 1 N–H and O–H groups in total. The second-order valence-electron chi connectivity index (χ2n) is 6.21. The van der Waals surface area contributed by atoms with Crippen molar-refractivity contribution >= 4 is 52.5 Å². The molecule has 0 unspecified atom stereocenters. The summed E-state index contributed by atoms with van der Waals surface area (Å²) < 4.78 is 0. The van der Waals surface area contributed by atoms with Crippen LogP contribution in [0.15, 0.2) is 47.4 Å². The third kappa shape index (κ3) is 4.43. The van der Waals surface area contributed by atoms with Gasteiger partial charge in [0.15, 0.2) is 0 Å². The molecule has 3 rings (SSSR count). The van der Waals surface area contributed by atoms with Crippen LogP contribution in [0.4, 0.5) is 11.4 Å². The predicted molar refractivity (Wildman–Crippen MR) is 108 cm³/mol. The Hall–Kier alpha value is -2.51. The van der Waals surface area contributed by atoms with E-state index in [1.54, 1.807) is 50.5 Å². The fraction of sp³-hybridized carbons (Fsp3) is 0.211. The van der Waals surface area contributed by atoms with Gasteiger partial charge in [0.1, 0.15) is 6.54 Å². The monoisotopic (exact) mass is 403 g/mol. The van der Waals surface area contributed by atoms with Gasteiger partial charge in [0.2, 0.25) is 11.8 Å². The minimum absolute atomic E-state index is 0.140. The van der Waals surface area contributed by atoms with Crippen molar-refractivity contribution in [3.8, 4) is 0 Å². The standard InChI is InChI=1S/C19H18ClN3O3S/c1-22(2)19(26)12-6-7-16-15(8-12)23(18(25)11-27-16)10-17(24)21-14-5-3-4-13(20)9-14/h3-9H,10-11H2,1-2H3,(H,21,24). The Labute approximate surface area is 166 Å². The lowest BCUT2D eigenvalue weighted by Crippen LogP contribution is -2.41. The van der Waals surface area contributed by atoms with Gasteiger partial charge in [0, 0.05) is 35.3 Å². The highest BCUT2D eigenvalue weighted by molar-refractivity contribution is 8.00. The maximum Gasteiger partial charge on any atom is 0.253 e. The van der Waals surface area contributed by atoms with Crippen molar-refractivity contribution in [1.29, 1.82) is 0 Å². The average molecular weight is 404 g/mol. The van der Waals surface area contributed by atoms with Gasteiger partial charge in [-0.3, -0.25) is 14.4 Å². The van der Waals surface area contributed by atoms with Crippen LogP contribution in [0, 0.1) is 0 Å². The Morgan fingerprint density at radius 3 is 2.70 bits per heavy atom. The molecule has 140 valence electrons.